The van der Waals surface area contributed by atoms with Gasteiger partial charge >= 0.3 is 6.03 Å². The molecule has 136 valence electrons. The van der Waals surface area contributed by atoms with Gasteiger partial charge in [-0.2, -0.15) is 4.98 Å². The Labute approximate surface area is 147 Å². The van der Waals surface area contributed by atoms with Gasteiger partial charge in [0.2, 0.25) is 5.89 Å². The van der Waals surface area contributed by atoms with Gasteiger partial charge in [0.25, 0.3) is 0 Å². The number of aliphatic hydroxyl groups excluding tert-OH is 1. The third-order valence-corrected chi connectivity index (χ3v) is 3.72. The van der Waals surface area contributed by atoms with Crippen LogP contribution in [-0.4, -0.2) is 27.8 Å². The van der Waals surface area contributed by atoms with Crippen molar-refractivity contribution in [1.82, 2.24) is 20.8 Å². The zero-order chi connectivity index (χ0) is 18.4. The lowest BCUT2D eigenvalue weighted by Crippen LogP contribution is -2.38. The van der Waals surface area contributed by atoms with Crippen molar-refractivity contribution < 1.29 is 14.4 Å². The first kappa shape index (κ1) is 18.9. The van der Waals surface area contributed by atoms with E-state index >= 15 is 0 Å². The smallest absolute Gasteiger partial charge is 0.315 e. The number of amides is 2. The van der Waals surface area contributed by atoms with E-state index in [-0.39, 0.29) is 11.4 Å². The van der Waals surface area contributed by atoms with Crippen molar-refractivity contribution in [3.63, 3.8) is 0 Å². The molecule has 1 aromatic heterocycles. The van der Waals surface area contributed by atoms with E-state index < -0.39 is 12.1 Å². The minimum atomic E-state index is -0.607. The van der Waals surface area contributed by atoms with E-state index in [9.17, 15) is 9.90 Å². The summed E-state index contributed by atoms with van der Waals surface area (Å²) < 4.78 is 5.21. The Bertz CT molecular complexity index is 679. The molecule has 0 aliphatic carbocycles. The van der Waals surface area contributed by atoms with Crippen LogP contribution in [0, 0.1) is 0 Å². The number of hydrogen-bond donors (Lipinski definition) is 3. The minimum absolute atomic E-state index is 0.211. The van der Waals surface area contributed by atoms with Crippen LogP contribution in [0.3, 0.4) is 0 Å². The average molecular weight is 346 g/mol. The number of carbonyl (C=O) groups is 1. The first-order valence-corrected chi connectivity index (χ1v) is 8.39. The molecule has 2 unspecified atom stereocenters. The van der Waals surface area contributed by atoms with E-state index in [0.717, 1.165) is 5.56 Å². The predicted octanol–water partition coefficient (Wildman–Crippen LogP) is 2.85. The Morgan fingerprint density at radius 3 is 2.56 bits per heavy atom. The van der Waals surface area contributed by atoms with Crippen molar-refractivity contribution in [2.24, 2.45) is 0 Å². The van der Waals surface area contributed by atoms with E-state index in [1.807, 2.05) is 51.1 Å². The highest BCUT2D eigenvalue weighted by Crippen LogP contribution is 2.20. The standard InChI is InChI=1S/C18H26N4O3/c1-12(15-21-16(22-25-15)18(2,3)4)20-17(24)19-11-10-14(23)13-8-6-5-7-9-13/h5-9,12,14,23H,10-11H2,1-4H3,(H2,19,20,24). The molecule has 25 heavy (non-hydrogen) atoms. The quantitative estimate of drug-likeness (QED) is 0.747. The van der Waals surface area contributed by atoms with Crippen LogP contribution in [0.25, 0.3) is 0 Å². The summed E-state index contributed by atoms with van der Waals surface area (Å²) in [6.07, 6.45) is -0.176. The molecule has 1 aromatic carbocycles. The van der Waals surface area contributed by atoms with Crippen LogP contribution in [0.2, 0.25) is 0 Å². The Balaban J connectivity index is 1.77. The van der Waals surface area contributed by atoms with E-state index in [4.69, 9.17) is 4.52 Å². The molecule has 2 atom stereocenters. The average Bonchev–Trinajstić information content (AvgIpc) is 3.06. The van der Waals surface area contributed by atoms with E-state index in [1.54, 1.807) is 6.92 Å². The fourth-order valence-corrected chi connectivity index (χ4v) is 2.19. The maximum Gasteiger partial charge on any atom is 0.315 e. The summed E-state index contributed by atoms with van der Waals surface area (Å²) in [5.41, 5.74) is 0.621. The predicted molar refractivity (Wildman–Crippen MR) is 94.0 cm³/mol. The van der Waals surface area contributed by atoms with Gasteiger partial charge in [0.1, 0.15) is 6.04 Å². The van der Waals surface area contributed by atoms with Crippen LogP contribution >= 0.6 is 0 Å². The molecule has 2 amide bonds. The zero-order valence-corrected chi connectivity index (χ0v) is 15.1. The van der Waals surface area contributed by atoms with E-state index in [0.29, 0.717) is 24.7 Å². The highest BCUT2D eigenvalue weighted by atomic mass is 16.5. The summed E-state index contributed by atoms with van der Waals surface area (Å²) in [7, 11) is 0. The number of aromatic nitrogens is 2. The van der Waals surface area contributed by atoms with Gasteiger partial charge in [-0.1, -0.05) is 56.3 Å². The number of aliphatic hydroxyl groups is 1. The topological polar surface area (TPSA) is 100 Å². The fourth-order valence-electron chi connectivity index (χ4n) is 2.19. The summed E-state index contributed by atoms with van der Waals surface area (Å²) in [5.74, 6) is 0.965. The molecule has 3 N–H and O–H groups in total. The van der Waals surface area contributed by atoms with Gasteiger partial charge in [-0.15, -0.1) is 0 Å². The van der Waals surface area contributed by atoms with Crippen LogP contribution in [0.1, 0.15) is 63.5 Å². The van der Waals surface area contributed by atoms with Crippen molar-refractivity contribution >= 4 is 6.03 Å². The monoisotopic (exact) mass is 346 g/mol. The maximum atomic E-state index is 12.0. The second-order valence-corrected chi connectivity index (χ2v) is 7.04. The second kappa shape index (κ2) is 8.11. The molecule has 0 aliphatic rings. The Kier molecular flexibility index (Phi) is 6.14. The third kappa shape index (κ3) is 5.56. The van der Waals surface area contributed by atoms with Gasteiger partial charge in [-0.3, -0.25) is 0 Å². The Hall–Kier alpha value is -2.41. The summed E-state index contributed by atoms with van der Waals surface area (Å²) in [6.45, 7) is 8.10. The van der Waals surface area contributed by atoms with Crippen LogP contribution < -0.4 is 10.6 Å². The lowest BCUT2D eigenvalue weighted by molar-refractivity contribution is 0.166. The number of benzene rings is 1. The summed E-state index contributed by atoms with van der Waals surface area (Å²) in [6, 6.07) is 8.61. The van der Waals surface area contributed by atoms with E-state index in [1.165, 1.54) is 0 Å². The minimum Gasteiger partial charge on any atom is -0.388 e. The van der Waals surface area contributed by atoms with Crippen molar-refractivity contribution in [1.29, 1.82) is 0 Å². The summed E-state index contributed by atoms with van der Waals surface area (Å²) >= 11 is 0. The lowest BCUT2D eigenvalue weighted by atomic mass is 9.96. The highest BCUT2D eigenvalue weighted by molar-refractivity contribution is 5.74. The summed E-state index contributed by atoms with van der Waals surface area (Å²) in [5, 5.41) is 19.5. The van der Waals surface area contributed by atoms with Crippen LogP contribution in [0.4, 0.5) is 4.79 Å². The molecule has 0 bridgehead atoms. The molecule has 0 saturated heterocycles. The van der Waals surface area contributed by atoms with Crippen molar-refractivity contribution in [3.05, 3.63) is 47.6 Å². The van der Waals surface area contributed by atoms with Gasteiger partial charge in [-0.25, -0.2) is 4.79 Å². The molecule has 0 spiro atoms. The lowest BCUT2D eigenvalue weighted by Gasteiger charge is -2.14. The first-order valence-electron chi connectivity index (χ1n) is 8.39. The molecule has 0 aliphatic heterocycles. The zero-order valence-electron chi connectivity index (χ0n) is 15.1. The molecular formula is C18H26N4O3. The van der Waals surface area contributed by atoms with Gasteiger partial charge in [0.15, 0.2) is 5.82 Å². The fraction of sp³-hybridized carbons (Fsp3) is 0.500. The second-order valence-electron chi connectivity index (χ2n) is 7.04. The molecule has 7 heteroatoms. The maximum absolute atomic E-state index is 12.0. The number of nitrogens with one attached hydrogen (secondary N) is 2. The normalized spacial score (nSPS) is 14.0. The Morgan fingerprint density at radius 1 is 1.28 bits per heavy atom. The van der Waals surface area contributed by atoms with Crippen molar-refractivity contribution in [3.8, 4) is 0 Å². The molecule has 0 fully saturated rings. The highest BCUT2D eigenvalue weighted by Gasteiger charge is 2.23. The number of hydrogen-bond acceptors (Lipinski definition) is 5. The number of carbonyl (C=O) groups excluding carboxylic acids is 1. The molecular weight excluding hydrogens is 320 g/mol. The van der Waals surface area contributed by atoms with Gasteiger partial charge in [-0.05, 0) is 18.9 Å². The third-order valence-electron chi connectivity index (χ3n) is 3.72. The van der Waals surface area contributed by atoms with Crippen LogP contribution in [0.5, 0.6) is 0 Å². The number of nitrogens with zero attached hydrogens (tertiary/aromatic N) is 2. The number of urea groups is 1. The molecule has 0 saturated carbocycles. The van der Waals surface area contributed by atoms with Gasteiger partial charge in [0, 0.05) is 12.0 Å². The Morgan fingerprint density at radius 2 is 1.96 bits per heavy atom. The van der Waals surface area contributed by atoms with Gasteiger partial charge in [0.05, 0.1) is 6.10 Å². The first-order chi connectivity index (χ1) is 11.8. The van der Waals surface area contributed by atoms with E-state index in [2.05, 4.69) is 20.8 Å². The molecule has 1 heterocycles. The molecule has 2 rings (SSSR count). The molecule has 2 aromatic rings. The van der Waals surface area contributed by atoms with Crippen molar-refractivity contribution in [2.75, 3.05) is 6.54 Å². The number of rotatable bonds is 6. The van der Waals surface area contributed by atoms with Crippen LogP contribution in [0.15, 0.2) is 34.9 Å². The molecule has 0 radical (unpaired) electrons. The SMILES string of the molecule is CC(NC(=O)NCCC(O)c1ccccc1)c1nc(C(C)(C)C)no1. The largest absolute Gasteiger partial charge is 0.388 e. The van der Waals surface area contributed by atoms with Gasteiger partial charge < -0.3 is 20.3 Å². The van der Waals surface area contributed by atoms with Crippen LogP contribution in [-0.2, 0) is 5.41 Å². The van der Waals surface area contributed by atoms with Crippen molar-refractivity contribution in [2.45, 2.75) is 51.7 Å². The summed E-state index contributed by atoms with van der Waals surface area (Å²) in [4.78, 5) is 16.3. The molecule has 7 nitrogen and oxygen atoms in total.